The summed E-state index contributed by atoms with van der Waals surface area (Å²) in [5, 5.41) is 3.36. The van der Waals surface area contributed by atoms with Gasteiger partial charge in [0.25, 0.3) is 0 Å². The SMILES string of the molecule is C[C@@H]1CN(c2ccc3c(c2)OCCNC3)C[C@H](C)O1. The summed E-state index contributed by atoms with van der Waals surface area (Å²) in [5.41, 5.74) is 2.48. The number of anilines is 1. The van der Waals surface area contributed by atoms with Gasteiger partial charge in [-0.3, -0.25) is 0 Å². The van der Waals surface area contributed by atoms with Crippen LogP contribution < -0.4 is 15.0 Å². The highest BCUT2D eigenvalue weighted by Gasteiger charge is 2.23. The first-order chi connectivity index (χ1) is 9.22. The Morgan fingerprint density at radius 3 is 2.79 bits per heavy atom. The molecule has 0 aromatic heterocycles. The van der Waals surface area contributed by atoms with Gasteiger partial charge in [0.1, 0.15) is 12.4 Å². The summed E-state index contributed by atoms with van der Waals surface area (Å²) >= 11 is 0. The molecule has 104 valence electrons. The topological polar surface area (TPSA) is 33.7 Å². The molecule has 0 spiro atoms. The van der Waals surface area contributed by atoms with Crippen molar-refractivity contribution in [3.63, 3.8) is 0 Å². The highest BCUT2D eigenvalue weighted by Crippen LogP contribution is 2.28. The summed E-state index contributed by atoms with van der Waals surface area (Å²) < 4.78 is 11.6. The third-order valence-electron chi connectivity index (χ3n) is 3.69. The van der Waals surface area contributed by atoms with Crippen molar-refractivity contribution < 1.29 is 9.47 Å². The number of rotatable bonds is 1. The lowest BCUT2D eigenvalue weighted by molar-refractivity contribution is -0.00523. The zero-order valence-electron chi connectivity index (χ0n) is 11.7. The van der Waals surface area contributed by atoms with Gasteiger partial charge in [-0.05, 0) is 19.9 Å². The molecule has 0 bridgehead atoms. The number of hydrogen-bond donors (Lipinski definition) is 1. The number of nitrogens with one attached hydrogen (secondary N) is 1. The van der Waals surface area contributed by atoms with Crippen LogP contribution in [0.3, 0.4) is 0 Å². The van der Waals surface area contributed by atoms with E-state index in [1.807, 2.05) is 0 Å². The van der Waals surface area contributed by atoms with E-state index in [0.29, 0.717) is 0 Å². The average Bonchev–Trinajstić information content (AvgIpc) is 2.61. The van der Waals surface area contributed by atoms with Crippen molar-refractivity contribution >= 4 is 5.69 Å². The van der Waals surface area contributed by atoms with E-state index in [-0.39, 0.29) is 12.2 Å². The second kappa shape index (κ2) is 5.39. The van der Waals surface area contributed by atoms with Crippen LogP contribution in [-0.2, 0) is 11.3 Å². The molecule has 1 aromatic carbocycles. The lowest BCUT2D eigenvalue weighted by atomic mass is 10.1. The minimum Gasteiger partial charge on any atom is -0.492 e. The first-order valence-electron chi connectivity index (χ1n) is 7.09. The van der Waals surface area contributed by atoms with Crippen LogP contribution in [0, 0.1) is 0 Å². The summed E-state index contributed by atoms with van der Waals surface area (Å²) in [4.78, 5) is 2.39. The van der Waals surface area contributed by atoms with Crippen molar-refractivity contribution in [3.05, 3.63) is 23.8 Å². The van der Waals surface area contributed by atoms with Gasteiger partial charge in [0.2, 0.25) is 0 Å². The monoisotopic (exact) mass is 262 g/mol. The predicted octanol–water partition coefficient (Wildman–Crippen LogP) is 1.78. The summed E-state index contributed by atoms with van der Waals surface area (Å²) in [5.74, 6) is 1.02. The molecule has 0 radical (unpaired) electrons. The molecule has 2 heterocycles. The fraction of sp³-hybridized carbons (Fsp3) is 0.600. The summed E-state index contributed by atoms with van der Waals surface area (Å²) in [6.07, 6.45) is 0.565. The molecule has 1 aromatic rings. The third-order valence-corrected chi connectivity index (χ3v) is 3.69. The smallest absolute Gasteiger partial charge is 0.125 e. The van der Waals surface area contributed by atoms with Gasteiger partial charge in [-0.2, -0.15) is 0 Å². The molecule has 4 nitrogen and oxygen atoms in total. The number of fused-ring (bicyclic) bond motifs is 1. The largest absolute Gasteiger partial charge is 0.492 e. The molecular formula is C15H22N2O2. The molecule has 0 unspecified atom stereocenters. The zero-order chi connectivity index (χ0) is 13.2. The van der Waals surface area contributed by atoms with Crippen molar-refractivity contribution in [1.29, 1.82) is 0 Å². The summed E-state index contributed by atoms with van der Waals surface area (Å²) in [7, 11) is 0. The molecule has 0 amide bonds. The van der Waals surface area contributed by atoms with E-state index in [9.17, 15) is 0 Å². The number of benzene rings is 1. The number of nitrogens with zero attached hydrogens (tertiary/aromatic N) is 1. The fourth-order valence-electron chi connectivity index (χ4n) is 2.87. The Hall–Kier alpha value is -1.26. The van der Waals surface area contributed by atoms with Gasteiger partial charge < -0.3 is 19.7 Å². The molecule has 2 aliphatic rings. The van der Waals surface area contributed by atoms with Crippen LogP contribution in [-0.4, -0.2) is 38.4 Å². The number of morpholine rings is 1. The van der Waals surface area contributed by atoms with Gasteiger partial charge in [0.15, 0.2) is 0 Å². The molecule has 19 heavy (non-hydrogen) atoms. The maximum Gasteiger partial charge on any atom is 0.125 e. The highest BCUT2D eigenvalue weighted by molar-refractivity contribution is 5.54. The van der Waals surface area contributed by atoms with Crippen LogP contribution in [0.4, 0.5) is 5.69 Å². The maximum absolute atomic E-state index is 5.81. The van der Waals surface area contributed by atoms with E-state index in [1.54, 1.807) is 0 Å². The number of hydrogen-bond acceptors (Lipinski definition) is 4. The molecule has 3 rings (SSSR count). The van der Waals surface area contributed by atoms with E-state index in [1.165, 1.54) is 11.3 Å². The van der Waals surface area contributed by atoms with Crippen LogP contribution in [0.15, 0.2) is 18.2 Å². The lowest BCUT2D eigenvalue weighted by Crippen LogP contribution is -2.45. The normalized spacial score (nSPS) is 27.4. The van der Waals surface area contributed by atoms with Gasteiger partial charge in [-0.15, -0.1) is 0 Å². The number of ether oxygens (including phenoxy) is 2. The van der Waals surface area contributed by atoms with Crippen molar-refractivity contribution in [2.75, 3.05) is 31.1 Å². The quantitative estimate of drug-likeness (QED) is 0.836. The molecular weight excluding hydrogens is 240 g/mol. The van der Waals surface area contributed by atoms with E-state index >= 15 is 0 Å². The van der Waals surface area contributed by atoms with Crippen LogP contribution in [0.2, 0.25) is 0 Å². The lowest BCUT2D eigenvalue weighted by Gasteiger charge is -2.37. The van der Waals surface area contributed by atoms with Crippen molar-refractivity contribution in [1.82, 2.24) is 5.32 Å². The Labute approximate surface area is 114 Å². The van der Waals surface area contributed by atoms with E-state index in [4.69, 9.17) is 9.47 Å². The first kappa shape index (κ1) is 12.8. The van der Waals surface area contributed by atoms with Crippen LogP contribution in [0.1, 0.15) is 19.4 Å². The second-order valence-corrected chi connectivity index (χ2v) is 5.48. The summed E-state index contributed by atoms with van der Waals surface area (Å²) in [6, 6.07) is 6.54. The Balaban J connectivity index is 1.83. The second-order valence-electron chi connectivity index (χ2n) is 5.48. The average molecular weight is 262 g/mol. The maximum atomic E-state index is 5.81. The molecule has 2 aliphatic heterocycles. The fourth-order valence-corrected chi connectivity index (χ4v) is 2.87. The molecule has 1 saturated heterocycles. The molecule has 2 atom stereocenters. The molecule has 1 fully saturated rings. The zero-order valence-corrected chi connectivity index (χ0v) is 11.7. The van der Waals surface area contributed by atoms with Crippen molar-refractivity contribution in [2.45, 2.75) is 32.6 Å². The molecule has 0 saturated carbocycles. The molecule has 4 heteroatoms. The van der Waals surface area contributed by atoms with Gasteiger partial charge in [-0.25, -0.2) is 0 Å². The Kier molecular flexibility index (Phi) is 3.62. The van der Waals surface area contributed by atoms with Crippen LogP contribution in [0.25, 0.3) is 0 Å². The van der Waals surface area contributed by atoms with E-state index in [0.717, 1.165) is 38.5 Å². The van der Waals surface area contributed by atoms with Crippen molar-refractivity contribution in [2.24, 2.45) is 0 Å². The minimum absolute atomic E-state index is 0.283. The highest BCUT2D eigenvalue weighted by atomic mass is 16.5. The third kappa shape index (κ3) is 2.85. The molecule has 0 aliphatic carbocycles. The Bertz CT molecular complexity index is 440. The van der Waals surface area contributed by atoms with Crippen LogP contribution >= 0.6 is 0 Å². The van der Waals surface area contributed by atoms with E-state index < -0.39 is 0 Å². The molecule has 1 N–H and O–H groups in total. The van der Waals surface area contributed by atoms with E-state index in [2.05, 4.69) is 42.3 Å². The minimum atomic E-state index is 0.283. The van der Waals surface area contributed by atoms with Gasteiger partial charge >= 0.3 is 0 Å². The summed E-state index contributed by atoms with van der Waals surface area (Å²) in [6.45, 7) is 8.70. The van der Waals surface area contributed by atoms with Crippen molar-refractivity contribution in [3.8, 4) is 5.75 Å². The van der Waals surface area contributed by atoms with Gasteiger partial charge in [0.05, 0.1) is 12.2 Å². The van der Waals surface area contributed by atoms with Gasteiger partial charge in [0, 0.05) is 43.5 Å². The first-order valence-corrected chi connectivity index (χ1v) is 7.09. The van der Waals surface area contributed by atoms with Crippen LogP contribution in [0.5, 0.6) is 5.75 Å². The van der Waals surface area contributed by atoms with Gasteiger partial charge in [-0.1, -0.05) is 6.07 Å². The standard InChI is InChI=1S/C15H22N2O2/c1-11-9-17(10-12(2)19-11)14-4-3-13-8-16-5-6-18-15(13)7-14/h3-4,7,11-12,16H,5-6,8-10H2,1-2H3/t11-,12+. The predicted molar refractivity (Wildman–Crippen MR) is 75.9 cm³/mol. The Morgan fingerprint density at radius 1 is 1.21 bits per heavy atom. The Morgan fingerprint density at radius 2 is 2.00 bits per heavy atom.